The first-order chi connectivity index (χ1) is 6.12. The summed E-state index contributed by atoms with van der Waals surface area (Å²) in [6.45, 7) is 6.69. The zero-order valence-corrected chi connectivity index (χ0v) is 10.2. The minimum Gasteiger partial charge on any atom is -0.413 e. The predicted octanol–water partition coefficient (Wildman–Crippen LogP) is 2.43. The largest absolute Gasteiger partial charge is 0.413 e. The molecule has 1 aliphatic heterocycles. The topological polar surface area (TPSA) is 35.2 Å². The van der Waals surface area contributed by atoms with E-state index in [1.165, 1.54) is 18.9 Å². The number of nitrogens with two attached hydrogens (primary N) is 1. The standard InChI is InChI=1S/C10H23NOSi/c1-4-9-7-6-8-13(3,12-9)10(11)5-2/h9-10H,4-8,11H2,1-3H3. The van der Waals surface area contributed by atoms with Crippen LogP contribution in [0.4, 0.5) is 0 Å². The van der Waals surface area contributed by atoms with Crippen LogP contribution in [0.5, 0.6) is 0 Å². The van der Waals surface area contributed by atoms with E-state index < -0.39 is 8.32 Å². The van der Waals surface area contributed by atoms with Crippen molar-refractivity contribution in [3.63, 3.8) is 0 Å². The zero-order valence-electron chi connectivity index (χ0n) is 9.18. The van der Waals surface area contributed by atoms with Crippen LogP contribution in [0.3, 0.4) is 0 Å². The van der Waals surface area contributed by atoms with Crippen molar-refractivity contribution in [2.24, 2.45) is 5.73 Å². The van der Waals surface area contributed by atoms with Gasteiger partial charge in [0.25, 0.3) is 0 Å². The summed E-state index contributed by atoms with van der Waals surface area (Å²) in [6.07, 6.45) is 5.30. The van der Waals surface area contributed by atoms with Gasteiger partial charge in [-0.25, -0.2) is 0 Å². The van der Waals surface area contributed by atoms with Crippen LogP contribution >= 0.6 is 0 Å². The molecular weight excluding hydrogens is 178 g/mol. The van der Waals surface area contributed by atoms with Gasteiger partial charge in [-0.05, 0) is 31.9 Å². The second-order valence-electron chi connectivity index (χ2n) is 4.37. The van der Waals surface area contributed by atoms with Gasteiger partial charge in [0.2, 0.25) is 8.32 Å². The van der Waals surface area contributed by atoms with E-state index in [9.17, 15) is 0 Å². The Kier molecular flexibility index (Phi) is 3.95. The number of hydrogen-bond donors (Lipinski definition) is 1. The Hall–Kier alpha value is 0.137. The van der Waals surface area contributed by atoms with Crippen molar-refractivity contribution in [3.05, 3.63) is 0 Å². The molecule has 13 heavy (non-hydrogen) atoms. The molecule has 78 valence electrons. The Balaban J connectivity index is 2.56. The molecular formula is C10H23NOSi. The molecule has 1 fully saturated rings. The highest BCUT2D eigenvalue weighted by Crippen LogP contribution is 2.29. The highest BCUT2D eigenvalue weighted by molar-refractivity contribution is 6.74. The van der Waals surface area contributed by atoms with Crippen LogP contribution in [-0.4, -0.2) is 20.1 Å². The van der Waals surface area contributed by atoms with Crippen molar-refractivity contribution in [2.75, 3.05) is 0 Å². The van der Waals surface area contributed by atoms with Gasteiger partial charge in [0.15, 0.2) is 0 Å². The van der Waals surface area contributed by atoms with E-state index in [2.05, 4.69) is 20.4 Å². The van der Waals surface area contributed by atoms with Gasteiger partial charge in [-0.2, -0.15) is 0 Å². The summed E-state index contributed by atoms with van der Waals surface area (Å²) in [5.41, 5.74) is 6.47. The molecule has 0 radical (unpaired) electrons. The van der Waals surface area contributed by atoms with E-state index in [0.29, 0.717) is 11.8 Å². The molecule has 1 saturated heterocycles. The van der Waals surface area contributed by atoms with E-state index in [1.54, 1.807) is 0 Å². The summed E-state index contributed by atoms with van der Waals surface area (Å²) in [5.74, 6) is 0. The smallest absolute Gasteiger partial charge is 0.206 e. The number of hydrogen-bond acceptors (Lipinski definition) is 2. The Bertz CT molecular complexity index is 165. The second kappa shape index (κ2) is 4.58. The van der Waals surface area contributed by atoms with Gasteiger partial charge in [0.05, 0.1) is 0 Å². The normalized spacial score (nSPS) is 37.4. The Labute approximate surface area is 83.0 Å². The fourth-order valence-corrected chi connectivity index (χ4v) is 5.65. The first-order valence-corrected chi connectivity index (χ1v) is 8.25. The third-order valence-corrected chi connectivity index (χ3v) is 7.51. The molecule has 0 spiro atoms. The monoisotopic (exact) mass is 201 g/mol. The van der Waals surface area contributed by atoms with E-state index in [1.807, 2.05) is 0 Å². The molecule has 3 atom stereocenters. The lowest BCUT2D eigenvalue weighted by atomic mass is 10.2. The fourth-order valence-electron chi connectivity index (χ4n) is 2.17. The van der Waals surface area contributed by atoms with E-state index >= 15 is 0 Å². The van der Waals surface area contributed by atoms with Crippen molar-refractivity contribution in [1.82, 2.24) is 0 Å². The lowest BCUT2D eigenvalue weighted by Gasteiger charge is -2.40. The molecule has 2 N–H and O–H groups in total. The summed E-state index contributed by atoms with van der Waals surface area (Å²) < 4.78 is 6.19. The second-order valence-corrected chi connectivity index (χ2v) is 8.47. The third-order valence-electron chi connectivity index (χ3n) is 3.31. The summed E-state index contributed by atoms with van der Waals surface area (Å²) in [4.78, 5) is 0. The van der Waals surface area contributed by atoms with E-state index in [4.69, 9.17) is 10.2 Å². The first kappa shape index (κ1) is 11.2. The van der Waals surface area contributed by atoms with Crippen molar-refractivity contribution < 1.29 is 4.43 Å². The van der Waals surface area contributed by atoms with Crippen LogP contribution in [0.15, 0.2) is 0 Å². The average molecular weight is 201 g/mol. The molecule has 0 aromatic heterocycles. The van der Waals surface area contributed by atoms with Crippen molar-refractivity contribution in [2.45, 2.75) is 63.9 Å². The minimum absolute atomic E-state index is 0.335. The summed E-state index contributed by atoms with van der Waals surface area (Å²) in [7, 11) is -1.55. The van der Waals surface area contributed by atoms with Crippen LogP contribution in [0.2, 0.25) is 12.6 Å². The first-order valence-electron chi connectivity index (χ1n) is 5.55. The Morgan fingerprint density at radius 3 is 2.77 bits per heavy atom. The fraction of sp³-hybridized carbons (Fsp3) is 1.00. The van der Waals surface area contributed by atoms with Crippen LogP contribution < -0.4 is 5.73 Å². The molecule has 3 unspecified atom stereocenters. The third kappa shape index (κ3) is 2.54. The molecule has 1 rings (SSSR count). The Morgan fingerprint density at radius 1 is 1.54 bits per heavy atom. The van der Waals surface area contributed by atoms with Crippen LogP contribution in [0.1, 0.15) is 39.5 Å². The van der Waals surface area contributed by atoms with Crippen molar-refractivity contribution >= 4 is 8.32 Å². The van der Waals surface area contributed by atoms with Gasteiger partial charge in [0.1, 0.15) is 0 Å². The molecule has 0 bridgehead atoms. The average Bonchev–Trinajstić information content (AvgIpc) is 2.16. The van der Waals surface area contributed by atoms with E-state index in [-0.39, 0.29) is 0 Å². The number of rotatable bonds is 3. The SMILES string of the molecule is CCC1CCC[Si](C)(C(N)CC)O1. The lowest BCUT2D eigenvalue weighted by molar-refractivity contribution is 0.149. The Morgan fingerprint density at radius 2 is 2.23 bits per heavy atom. The summed E-state index contributed by atoms with van der Waals surface area (Å²) >= 11 is 0. The predicted molar refractivity (Wildman–Crippen MR) is 59.1 cm³/mol. The molecule has 0 aromatic rings. The quantitative estimate of drug-likeness (QED) is 0.712. The van der Waals surface area contributed by atoms with Crippen molar-refractivity contribution in [3.8, 4) is 0 Å². The molecule has 1 heterocycles. The van der Waals surface area contributed by atoms with Gasteiger partial charge >= 0.3 is 0 Å². The molecule has 0 aromatic carbocycles. The van der Waals surface area contributed by atoms with Gasteiger partial charge < -0.3 is 10.2 Å². The molecule has 0 saturated carbocycles. The zero-order chi connectivity index (χ0) is 9.90. The van der Waals surface area contributed by atoms with Gasteiger partial charge in [-0.15, -0.1) is 0 Å². The van der Waals surface area contributed by atoms with Crippen LogP contribution in [0, 0.1) is 0 Å². The summed E-state index contributed by atoms with van der Waals surface area (Å²) in [5, 5.41) is 0. The molecule has 2 nitrogen and oxygen atoms in total. The van der Waals surface area contributed by atoms with Crippen LogP contribution in [-0.2, 0) is 4.43 Å². The van der Waals surface area contributed by atoms with Gasteiger partial charge in [0, 0.05) is 11.8 Å². The molecule has 0 amide bonds. The highest BCUT2D eigenvalue weighted by atomic mass is 28.4. The highest BCUT2D eigenvalue weighted by Gasteiger charge is 2.39. The van der Waals surface area contributed by atoms with Gasteiger partial charge in [-0.1, -0.05) is 20.3 Å². The van der Waals surface area contributed by atoms with E-state index in [0.717, 1.165) is 12.8 Å². The van der Waals surface area contributed by atoms with Crippen molar-refractivity contribution in [1.29, 1.82) is 0 Å². The summed E-state index contributed by atoms with van der Waals surface area (Å²) in [6, 6.07) is 1.26. The molecule has 1 aliphatic rings. The van der Waals surface area contributed by atoms with Crippen LogP contribution in [0.25, 0.3) is 0 Å². The molecule has 0 aliphatic carbocycles. The lowest BCUT2D eigenvalue weighted by Crippen LogP contribution is -2.56. The van der Waals surface area contributed by atoms with Gasteiger partial charge in [-0.3, -0.25) is 0 Å². The maximum atomic E-state index is 6.19. The maximum Gasteiger partial charge on any atom is 0.206 e. The molecule has 3 heteroatoms. The maximum absolute atomic E-state index is 6.19. The minimum atomic E-state index is -1.55.